The van der Waals surface area contributed by atoms with E-state index < -0.39 is 0 Å². The molecule has 0 aliphatic heterocycles. The van der Waals surface area contributed by atoms with E-state index in [1.165, 1.54) is 44.1 Å². The molecule has 190 valence electrons. The highest BCUT2D eigenvalue weighted by Crippen LogP contribution is 2.39. The number of rotatable bonds is 14. The molecule has 3 rings (SSSR count). The molecular weight excluding hydrogens is 420 g/mol. The summed E-state index contributed by atoms with van der Waals surface area (Å²) in [4.78, 5) is 25.2. The van der Waals surface area contributed by atoms with Gasteiger partial charge in [-0.3, -0.25) is 9.59 Å². The summed E-state index contributed by atoms with van der Waals surface area (Å²) in [5.41, 5.74) is 1.40. The molecular formula is C31H48O3. The van der Waals surface area contributed by atoms with Gasteiger partial charge < -0.3 is 4.74 Å². The second kappa shape index (κ2) is 14.7. The lowest BCUT2D eigenvalue weighted by Gasteiger charge is -2.30. The van der Waals surface area contributed by atoms with E-state index in [-0.39, 0.29) is 17.5 Å². The molecule has 1 aromatic carbocycles. The molecule has 0 radical (unpaired) electrons. The summed E-state index contributed by atoms with van der Waals surface area (Å²) in [6.07, 6.45) is 17.8. The summed E-state index contributed by atoms with van der Waals surface area (Å²) in [5.74, 6) is 2.68. The molecule has 0 N–H and O–H groups in total. The van der Waals surface area contributed by atoms with Crippen molar-refractivity contribution in [2.75, 3.05) is 6.61 Å². The van der Waals surface area contributed by atoms with Crippen LogP contribution in [0.3, 0.4) is 0 Å². The standard InChI is InChI=1S/C31H48O3/c1-3-5-6-7-8-9-10-21-34-28-18-16-27(17-19-28)26-14-11-25(12-15-26)23-31(33)29-20-13-24(4-2)22-30(29)32/h16-19,24-26,29H,3-15,20-23H2,1-2H3. The molecule has 0 saturated heterocycles. The van der Waals surface area contributed by atoms with Gasteiger partial charge in [-0.1, -0.05) is 70.9 Å². The quantitative estimate of drug-likeness (QED) is 0.203. The van der Waals surface area contributed by atoms with Crippen molar-refractivity contribution in [3.05, 3.63) is 29.8 Å². The van der Waals surface area contributed by atoms with E-state index in [0.717, 1.165) is 63.7 Å². The first-order valence-corrected chi connectivity index (χ1v) is 14.4. The Morgan fingerprint density at radius 1 is 0.824 bits per heavy atom. The van der Waals surface area contributed by atoms with Crippen molar-refractivity contribution in [1.29, 1.82) is 0 Å². The molecule has 0 heterocycles. The minimum Gasteiger partial charge on any atom is -0.494 e. The molecule has 0 spiro atoms. The molecule has 2 saturated carbocycles. The molecule has 2 aliphatic carbocycles. The summed E-state index contributed by atoms with van der Waals surface area (Å²) in [6.45, 7) is 5.22. The van der Waals surface area contributed by atoms with Crippen molar-refractivity contribution in [2.24, 2.45) is 17.8 Å². The van der Waals surface area contributed by atoms with Gasteiger partial charge in [0.2, 0.25) is 0 Å². The molecule has 3 heteroatoms. The number of ketones is 2. The zero-order valence-electron chi connectivity index (χ0n) is 21.9. The van der Waals surface area contributed by atoms with Crippen LogP contribution in [0.2, 0.25) is 0 Å². The zero-order chi connectivity index (χ0) is 24.2. The van der Waals surface area contributed by atoms with Crippen LogP contribution in [-0.4, -0.2) is 18.2 Å². The summed E-state index contributed by atoms with van der Waals surface area (Å²) in [6, 6.07) is 8.73. The van der Waals surface area contributed by atoms with Crippen LogP contribution >= 0.6 is 0 Å². The van der Waals surface area contributed by atoms with E-state index in [2.05, 4.69) is 38.1 Å². The number of carbonyl (C=O) groups is 2. The van der Waals surface area contributed by atoms with Gasteiger partial charge in [0.1, 0.15) is 17.3 Å². The van der Waals surface area contributed by atoms with Crippen LogP contribution in [0, 0.1) is 17.8 Å². The molecule has 2 unspecified atom stereocenters. The van der Waals surface area contributed by atoms with Crippen molar-refractivity contribution in [1.82, 2.24) is 0 Å². The van der Waals surface area contributed by atoms with Gasteiger partial charge in [-0.25, -0.2) is 0 Å². The Morgan fingerprint density at radius 2 is 1.47 bits per heavy atom. The maximum atomic E-state index is 12.8. The second-order valence-corrected chi connectivity index (χ2v) is 11.0. The maximum absolute atomic E-state index is 12.8. The van der Waals surface area contributed by atoms with Crippen molar-refractivity contribution < 1.29 is 14.3 Å². The Labute approximate surface area is 208 Å². The molecule has 2 fully saturated rings. The van der Waals surface area contributed by atoms with E-state index in [4.69, 9.17) is 4.74 Å². The Kier molecular flexibility index (Phi) is 11.6. The second-order valence-electron chi connectivity index (χ2n) is 11.0. The number of unbranched alkanes of at least 4 members (excludes halogenated alkanes) is 6. The first-order chi connectivity index (χ1) is 16.6. The molecule has 2 aliphatic rings. The van der Waals surface area contributed by atoms with Gasteiger partial charge in [0, 0.05) is 12.8 Å². The minimum absolute atomic E-state index is 0.214. The average Bonchev–Trinajstić information content (AvgIpc) is 2.86. The molecule has 1 aromatic rings. The lowest BCUT2D eigenvalue weighted by molar-refractivity contribution is -0.136. The Bertz CT molecular complexity index is 730. The van der Waals surface area contributed by atoms with Crippen LogP contribution in [0.5, 0.6) is 5.75 Å². The molecule has 0 bridgehead atoms. The Hall–Kier alpha value is -1.64. The molecule has 3 nitrogen and oxygen atoms in total. The third-order valence-electron chi connectivity index (χ3n) is 8.41. The van der Waals surface area contributed by atoms with Crippen molar-refractivity contribution in [2.45, 2.75) is 122 Å². The summed E-state index contributed by atoms with van der Waals surface area (Å²) < 4.78 is 5.95. The summed E-state index contributed by atoms with van der Waals surface area (Å²) in [7, 11) is 0. The smallest absolute Gasteiger partial charge is 0.143 e. The highest BCUT2D eigenvalue weighted by atomic mass is 16.5. The van der Waals surface area contributed by atoms with Crippen LogP contribution in [-0.2, 0) is 9.59 Å². The van der Waals surface area contributed by atoms with E-state index in [1.54, 1.807) is 0 Å². The average molecular weight is 469 g/mol. The fourth-order valence-electron chi connectivity index (χ4n) is 5.99. The van der Waals surface area contributed by atoms with Gasteiger partial charge in [-0.2, -0.15) is 0 Å². The highest BCUT2D eigenvalue weighted by Gasteiger charge is 2.34. The predicted octanol–water partition coefficient (Wildman–Crippen LogP) is 8.44. The monoisotopic (exact) mass is 468 g/mol. The normalized spacial score (nSPS) is 25.3. The van der Waals surface area contributed by atoms with Crippen LogP contribution in [0.4, 0.5) is 0 Å². The first kappa shape index (κ1) is 27.0. The number of Topliss-reactive ketones (excluding diaryl/α,β-unsaturated/α-hetero) is 2. The van der Waals surface area contributed by atoms with Gasteiger partial charge in [0.15, 0.2) is 0 Å². The molecule has 0 aromatic heterocycles. The summed E-state index contributed by atoms with van der Waals surface area (Å²) in [5, 5.41) is 0. The zero-order valence-corrected chi connectivity index (χ0v) is 21.9. The lowest BCUT2D eigenvalue weighted by atomic mass is 9.73. The van der Waals surface area contributed by atoms with Crippen molar-refractivity contribution in [3.8, 4) is 5.75 Å². The minimum atomic E-state index is -0.297. The SMILES string of the molecule is CCCCCCCCCOc1ccc(C2CCC(CC(=O)C3CCC(CC)CC3=O)CC2)cc1. The van der Waals surface area contributed by atoms with Gasteiger partial charge in [0.05, 0.1) is 12.5 Å². The van der Waals surface area contributed by atoms with Crippen LogP contribution in [0.1, 0.15) is 128 Å². The number of benzene rings is 1. The number of hydrogen-bond donors (Lipinski definition) is 0. The highest BCUT2D eigenvalue weighted by molar-refractivity contribution is 6.02. The van der Waals surface area contributed by atoms with Gasteiger partial charge in [-0.15, -0.1) is 0 Å². The van der Waals surface area contributed by atoms with Gasteiger partial charge in [-0.05, 0) is 80.4 Å². The number of hydrogen-bond acceptors (Lipinski definition) is 3. The first-order valence-electron chi connectivity index (χ1n) is 14.4. The molecule has 0 amide bonds. The fraction of sp³-hybridized carbons (Fsp3) is 0.742. The van der Waals surface area contributed by atoms with Crippen molar-refractivity contribution >= 4 is 11.6 Å². The topological polar surface area (TPSA) is 43.4 Å². The van der Waals surface area contributed by atoms with Gasteiger partial charge in [0.25, 0.3) is 0 Å². The Balaban J connectivity index is 1.32. The number of ether oxygens (including phenoxy) is 1. The van der Waals surface area contributed by atoms with E-state index in [0.29, 0.717) is 30.6 Å². The van der Waals surface area contributed by atoms with E-state index in [9.17, 15) is 9.59 Å². The predicted molar refractivity (Wildman–Crippen MR) is 140 cm³/mol. The van der Waals surface area contributed by atoms with Crippen LogP contribution in [0.15, 0.2) is 24.3 Å². The number of carbonyl (C=O) groups excluding carboxylic acids is 2. The summed E-state index contributed by atoms with van der Waals surface area (Å²) >= 11 is 0. The van der Waals surface area contributed by atoms with E-state index >= 15 is 0 Å². The van der Waals surface area contributed by atoms with Crippen LogP contribution < -0.4 is 4.74 Å². The third-order valence-corrected chi connectivity index (χ3v) is 8.41. The maximum Gasteiger partial charge on any atom is 0.143 e. The molecule has 34 heavy (non-hydrogen) atoms. The molecule has 2 atom stereocenters. The van der Waals surface area contributed by atoms with Gasteiger partial charge >= 0.3 is 0 Å². The largest absolute Gasteiger partial charge is 0.494 e. The van der Waals surface area contributed by atoms with Crippen LogP contribution in [0.25, 0.3) is 0 Å². The Morgan fingerprint density at radius 3 is 2.12 bits per heavy atom. The van der Waals surface area contributed by atoms with Crippen molar-refractivity contribution in [3.63, 3.8) is 0 Å². The van der Waals surface area contributed by atoms with E-state index in [1.807, 2.05) is 0 Å². The lowest BCUT2D eigenvalue weighted by Crippen LogP contribution is -2.32. The fourth-order valence-corrected chi connectivity index (χ4v) is 5.99. The third kappa shape index (κ3) is 8.54.